The topological polar surface area (TPSA) is 66.5 Å². The van der Waals surface area contributed by atoms with Gasteiger partial charge in [-0.1, -0.05) is 31.2 Å². The molecule has 144 valence electrons. The van der Waals surface area contributed by atoms with Gasteiger partial charge in [0.05, 0.1) is 4.90 Å². The molecule has 0 unspecified atom stereocenters. The maximum Gasteiger partial charge on any atom is 0.251 e. The van der Waals surface area contributed by atoms with Gasteiger partial charge in [-0.15, -0.1) is 0 Å². The van der Waals surface area contributed by atoms with E-state index in [1.807, 2.05) is 38.1 Å². The zero-order chi connectivity index (χ0) is 19.4. The van der Waals surface area contributed by atoms with E-state index in [-0.39, 0.29) is 11.9 Å². The van der Waals surface area contributed by atoms with Gasteiger partial charge in [0.2, 0.25) is 10.0 Å². The molecule has 6 heteroatoms. The summed E-state index contributed by atoms with van der Waals surface area (Å²) in [6.45, 7) is 5.21. The van der Waals surface area contributed by atoms with Crippen LogP contribution in [0.5, 0.6) is 0 Å². The van der Waals surface area contributed by atoms with Crippen LogP contribution in [0, 0.1) is 0 Å². The molecule has 1 amide bonds. The second-order valence-electron chi connectivity index (χ2n) is 7.00. The van der Waals surface area contributed by atoms with Gasteiger partial charge >= 0.3 is 0 Å². The average molecular weight is 387 g/mol. The molecule has 0 bridgehead atoms. The quantitative estimate of drug-likeness (QED) is 0.824. The zero-order valence-corrected chi connectivity index (χ0v) is 16.6. The van der Waals surface area contributed by atoms with E-state index >= 15 is 0 Å². The van der Waals surface area contributed by atoms with Gasteiger partial charge in [0, 0.05) is 24.7 Å². The molecule has 1 fully saturated rings. The minimum Gasteiger partial charge on any atom is -0.350 e. The molecule has 3 rings (SSSR count). The van der Waals surface area contributed by atoms with Crippen molar-refractivity contribution in [2.45, 2.75) is 44.0 Å². The van der Waals surface area contributed by atoms with E-state index in [1.165, 1.54) is 0 Å². The van der Waals surface area contributed by atoms with Crippen LogP contribution >= 0.6 is 0 Å². The number of amides is 1. The first-order chi connectivity index (χ1) is 12.9. The Kier molecular flexibility index (Phi) is 5.97. The van der Waals surface area contributed by atoms with Gasteiger partial charge in [0.15, 0.2) is 0 Å². The second kappa shape index (κ2) is 8.23. The smallest absolute Gasteiger partial charge is 0.251 e. The van der Waals surface area contributed by atoms with E-state index in [9.17, 15) is 13.2 Å². The van der Waals surface area contributed by atoms with Crippen molar-refractivity contribution >= 4 is 15.9 Å². The van der Waals surface area contributed by atoms with Crippen LogP contribution < -0.4 is 5.32 Å². The molecular formula is C21H26N2O3S. The molecule has 0 aromatic heterocycles. The van der Waals surface area contributed by atoms with Crippen LogP contribution in [0.25, 0.3) is 11.1 Å². The molecule has 0 radical (unpaired) electrons. The molecule has 2 aromatic carbocycles. The number of benzene rings is 2. The number of nitrogens with one attached hydrogen (secondary N) is 1. The van der Waals surface area contributed by atoms with Crippen LogP contribution in [0.2, 0.25) is 0 Å². The molecule has 1 aliphatic rings. The van der Waals surface area contributed by atoms with E-state index < -0.39 is 10.0 Å². The third kappa shape index (κ3) is 4.39. The first-order valence-corrected chi connectivity index (χ1v) is 10.9. The van der Waals surface area contributed by atoms with Crippen molar-refractivity contribution in [3.63, 3.8) is 0 Å². The summed E-state index contributed by atoms with van der Waals surface area (Å²) in [6.07, 6.45) is 2.74. The molecule has 2 aromatic rings. The Morgan fingerprint density at radius 3 is 2.04 bits per heavy atom. The van der Waals surface area contributed by atoms with Crippen molar-refractivity contribution in [3.05, 3.63) is 54.1 Å². The normalized spacial score (nSPS) is 16.2. The highest BCUT2D eigenvalue weighted by Gasteiger charge is 2.26. The molecule has 1 N–H and O–H groups in total. The molecule has 1 aliphatic heterocycles. The Balaban J connectivity index is 1.74. The van der Waals surface area contributed by atoms with Gasteiger partial charge < -0.3 is 5.32 Å². The molecule has 0 aliphatic carbocycles. The van der Waals surface area contributed by atoms with Crippen molar-refractivity contribution in [2.24, 2.45) is 0 Å². The van der Waals surface area contributed by atoms with Crippen molar-refractivity contribution < 1.29 is 13.2 Å². The minimum absolute atomic E-state index is 0.0806. The van der Waals surface area contributed by atoms with E-state index in [0.717, 1.165) is 30.4 Å². The monoisotopic (exact) mass is 386 g/mol. The van der Waals surface area contributed by atoms with E-state index in [0.29, 0.717) is 23.5 Å². The maximum atomic E-state index is 12.6. The third-order valence-electron chi connectivity index (χ3n) is 5.03. The summed E-state index contributed by atoms with van der Waals surface area (Å²) >= 11 is 0. The van der Waals surface area contributed by atoms with Crippen LogP contribution in [-0.4, -0.2) is 37.8 Å². The second-order valence-corrected chi connectivity index (χ2v) is 8.93. The number of hydrogen-bond donors (Lipinski definition) is 1. The number of carbonyl (C=O) groups excluding carboxylic acids is 1. The van der Waals surface area contributed by atoms with Crippen molar-refractivity contribution in [1.29, 1.82) is 0 Å². The third-order valence-corrected chi connectivity index (χ3v) is 6.94. The molecule has 1 atom stereocenters. The van der Waals surface area contributed by atoms with Gasteiger partial charge in [0.25, 0.3) is 5.91 Å². The number of hydrogen-bond acceptors (Lipinski definition) is 3. The molecule has 5 nitrogen and oxygen atoms in total. The van der Waals surface area contributed by atoms with E-state index in [1.54, 1.807) is 28.6 Å². The fourth-order valence-electron chi connectivity index (χ4n) is 3.12. The van der Waals surface area contributed by atoms with Crippen LogP contribution in [0.1, 0.15) is 43.5 Å². The summed E-state index contributed by atoms with van der Waals surface area (Å²) in [5.41, 5.74) is 2.48. The van der Waals surface area contributed by atoms with Crippen molar-refractivity contribution in [3.8, 4) is 11.1 Å². The zero-order valence-electron chi connectivity index (χ0n) is 15.8. The first kappa shape index (κ1) is 19.6. The largest absolute Gasteiger partial charge is 0.350 e. The molecule has 1 heterocycles. The van der Waals surface area contributed by atoms with Crippen LogP contribution in [0.15, 0.2) is 53.4 Å². The Labute approximate surface area is 161 Å². The van der Waals surface area contributed by atoms with Gasteiger partial charge in [-0.25, -0.2) is 8.42 Å². The lowest BCUT2D eigenvalue weighted by Crippen LogP contribution is -2.31. The SMILES string of the molecule is CC[C@H](C)NC(=O)c1ccc(-c2ccc(S(=O)(=O)N3CCCC3)cc2)cc1. The molecule has 0 spiro atoms. The van der Waals surface area contributed by atoms with Crippen LogP contribution in [0.4, 0.5) is 0 Å². The number of sulfonamides is 1. The molecule has 0 saturated carbocycles. The Morgan fingerprint density at radius 1 is 1.00 bits per heavy atom. The summed E-state index contributed by atoms with van der Waals surface area (Å²) in [6, 6.07) is 14.4. The Hall–Kier alpha value is -2.18. The first-order valence-electron chi connectivity index (χ1n) is 9.43. The number of rotatable bonds is 6. The van der Waals surface area contributed by atoms with E-state index in [4.69, 9.17) is 0 Å². The van der Waals surface area contributed by atoms with Crippen molar-refractivity contribution in [1.82, 2.24) is 9.62 Å². The molecular weight excluding hydrogens is 360 g/mol. The molecule has 1 saturated heterocycles. The Bertz CT molecular complexity index is 884. The van der Waals surface area contributed by atoms with Crippen LogP contribution in [0.3, 0.4) is 0 Å². The fraction of sp³-hybridized carbons (Fsp3) is 0.381. The highest BCUT2D eigenvalue weighted by molar-refractivity contribution is 7.89. The predicted octanol–water partition coefficient (Wildman–Crippen LogP) is 3.67. The lowest BCUT2D eigenvalue weighted by Gasteiger charge is -2.15. The van der Waals surface area contributed by atoms with E-state index in [2.05, 4.69) is 5.32 Å². The summed E-state index contributed by atoms with van der Waals surface area (Å²) < 4.78 is 26.7. The predicted molar refractivity (Wildman–Crippen MR) is 107 cm³/mol. The van der Waals surface area contributed by atoms with Gasteiger partial charge in [-0.2, -0.15) is 4.31 Å². The summed E-state index contributed by atoms with van der Waals surface area (Å²) in [5, 5.41) is 2.95. The summed E-state index contributed by atoms with van der Waals surface area (Å²) in [4.78, 5) is 12.5. The standard InChI is InChI=1S/C21H26N2O3S/c1-3-16(2)22-21(24)19-8-6-17(7-9-19)18-10-12-20(13-11-18)27(25,26)23-14-4-5-15-23/h6-13,16H,3-5,14-15H2,1-2H3,(H,22,24)/t16-/m0/s1. The average Bonchev–Trinajstić information content (AvgIpc) is 3.24. The minimum atomic E-state index is -3.39. The highest BCUT2D eigenvalue weighted by atomic mass is 32.2. The maximum absolute atomic E-state index is 12.6. The highest BCUT2D eigenvalue weighted by Crippen LogP contribution is 2.25. The number of nitrogens with zero attached hydrogens (tertiary/aromatic N) is 1. The Morgan fingerprint density at radius 2 is 1.52 bits per heavy atom. The van der Waals surface area contributed by atoms with Gasteiger partial charge in [-0.3, -0.25) is 4.79 Å². The lowest BCUT2D eigenvalue weighted by atomic mass is 10.0. The van der Waals surface area contributed by atoms with Gasteiger partial charge in [-0.05, 0) is 61.6 Å². The van der Waals surface area contributed by atoms with Gasteiger partial charge in [0.1, 0.15) is 0 Å². The van der Waals surface area contributed by atoms with Crippen LogP contribution in [-0.2, 0) is 10.0 Å². The molecule has 27 heavy (non-hydrogen) atoms. The van der Waals surface area contributed by atoms with Crippen molar-refractivity contribution in [2.75, 3.05) is 13.1 Å². The lowest BCUT2D eigenvalue weighted by molar-refractivity contribution is 0.0939. The number of carbonyl (C=O) groups is 1. The summed E-state index contributed by atoms with van der Waals surface area (Å²) in [5.74, 6) is -0.0806. The fourth-order valence-corrected chi connectivity index (χ4v) is 4.64. The summed E-state index contributed by atoms with van der Waals surface area (Å²) in [7, 11) is -3.39.